The predicted octanol–water partition coefficient (Wildman–Crippen LogP) is 5.19. The van der Waals surface area contributed by atoms with Gasteiger partial charge >= 0.3 is 5.97 Å². The summed E-state index contributed by atoms with van der Waals surface area (Å²) in [6.07, 6.45) is 1.76. The third-order valence-electron chi connectivity index (χ3n) is 5.07. The van der Waals surface area contributed by atoms with Gasteiger partial charge in [0.1, 0.15) is 10.7 Å². The zero-order valence-corrected chi connectivity index (χ0v) is 19.1. The highest BCUT2D eigenvalue weighted by Gasteiger charge is 2.24. The zero-order chi connectivity index (χ0) is 22.7. The van der Waals surface area contributed by atoms with Crippen molar-refractivity contribution in [2.45, 2.75) is 33.9 Å². The number of aromatic nitrogens is 3. The van der Waals surface area contributed by atoms with E-state index in [0.29, 0.717) is 29.4 Å². The van der Waals surface area contributed by atoms with Crippen molar-refractivity contribution in [2.24, 2.45) is 0 Å². The molecule has 0 saturated heterocycles. The molecule has 6 nitrogen and oxygen atoms in total. The number of halogens is 2. The van der Waals surface area contributed by atoms with Crippen LogP contribution in [0.4, 0.5) is 0 Å². The molecule has 8 heteroatoms. The topological polar surface area (TPSA) is 66.1 Å². The summed E-state index contributed by atoms with van der Waals surface area (Å²) in [5.41, 5.74) is 3.63. The fourth-order valence-corrected chi connectivity index (χ4v) is 3.96. The molecule has 0 atom stereocenters. The molecule has 0 saturated carbocycles. The average Bonchev–Trinajstić information content (AvgIpc) is 3.17. The minimum Gasteiger partial charge on any atom is -0.454 e. The van der Waals surface area contributed by atoms with E-state index in [4.69, 9.17) is 27.9 Å². The maximum Gasteiger partial charge on any atom is 0.343 e. The SMILES string of the molecule is C=CCn1c(C)cc(C(=O)COC(=O)c2c(C)nn(Cc3ccccc3Cl)c2Cl)c1C. The lowest BCUT2D eigenvalue weighted by molar-refractivity contribution is 0.0474. The van der Waals surface area contributed by atoms with Crippen LogP contribution in [0.2, 0.25) is 10.2 Å². The first-order valence-electron chi connectivity index (χ1n) is 9.68. The molecule has 2 aromatic heterocycles. The van der Waals surface area contributed by atoms with Gasteiger partial charge in [0, 0.05) is 28.5 Å². The summed E-state index contributed by atoms with van der Waals surface area (Å²) in [6, 6.07) is 9.10. The summed E-state index contributed by atoms with van der Waals surface area (Å²) >= 11 is 12.6. The summed E-state index contributed by atoms with van der Waals surface area (Å²) in [5.74, 6) is -0.977. The number of aryl methyl sites for hydroxylation is 2. The number of hydrogen-bond donors (Lipinski definition) is 0. The third kappa shape index (κ3) is 4.75. The van der Waals surface area contributed by atoms with Crippen LogP contribution in [-0.4, -0.2) is 32.7 Å². The zero-order valence-electron chi connectivity index (χ0n) is 17.6. The molecule has 3 aromatic rings. The van der Waals surface area contributed by atoms with Crippen LogP contribution in [-0.2, 0) is 17.8 Å². The molecule has 0 bridgehead atoms. The van der Waals surface area contributed by atoms with Gasteiger partial charge in [-0.2, -0.15) is 5.10 Å². The highest BCUT2D eigenvalue weighted by molar-refractivity contribution is 6.33. The van der Waals surface area contributed by atoms with Gasteiger partial charge in [0.05, 0.1) is 12.2 Å². The first-order valence-corrected chi connectivity index (χ1v) is 10.4. The maximum absolute atomic E-state index is 12.7. The quantitative estimate of drug-likeness (QED) is 0.264. The Morgan fingerprint density at radius 2 is 1.90 bits per heavy atom. The van der Waals surface area contributed by atoms with Crippen LogP contribution in [0.3, 0.4) is 0 Å². The van der Waals surface area contributed by atoms with E-state index in [0.717, 1.165) is 17.0 Å². The Hall–Kier alpha value is -2.83. The molecule has 0 aliphatic rings. The lowest BCUT2D eigenvalue weighted by Crippen LogP contribution is -2.16. The van der Waals surface area contributed by atoms with E-state index in [1.54, 1.807) is 25.1 Å². The van der Waals surface area contributed by atoms with Gasteiger partial charge in [-0.3, -0.25) is 4.79 Å². The van der Waals surface area contributed by atoms with E-state index in [-0.39, 0.29) is 23.1 Å². The number of carbonyl (C=O) groups excluding carboxylic acids is 2. The summed E-state index contributed by atoms with van der Waals surface area (Å²) < 4.78 is 8.74. The average molecular weight is 460 g/mol. The monoisotopic (exact) mass is 459 g/mol. The first-order chi connectivity index (χ1) is 14.7. The fourth-order valence-electron chi connectivity index (χ4n) is 3.45. The second-order valence-electron chi connectivity index (χ2n) is 7.18. The molecule has 31 heavy (non-hydrogen) atoms. The van der Waals surface area contributed by atoms with E-state index in [1.165, 1.54) is 4.68 Å². The molecular formula is C23H23Cl2N3O3. The predicted molar refractivity (Wildman–Crippen MR) is 121 cm³/mol. The molecule has 0 amide bonds. The lowest BCUT2D eigenvalue weighted by atomic mass is 10.1. The van der Waals surface area contributed by atoms with Gasteiger partial charge in [-0.1, -0.05) is 47.5 Å². The molecule has 3 rings (SSSR count). The Labute approximate surface area is 191 Å². The fraction of sp³-hybridized carbons (Fsp3) is 0.261. The van der Waals surface area contributed by atoms with E-state index in [2.05, 4.69) is 11.7 Å². The molecule has 0 N–H and O–H groups in total. The van der Waals surface area contributed by atoms with Gasteiger partial charge < -0.3 is 9.30 Å². The smallest absolute Gasteiger partial charge is 0.343 e. The molecule has 1 aromatic carbocycles. The van der Waals surface area contributed by atoms with Crippen LogP contribution >= 0.6 is 23.2 Å². The van der Waals surface area contributed by atoms with Crippen molar-refractivity contribution in [1.29, 1.82) is 0 Å². The molecule has 0 radical (unpaired) electrons. The van der Waals surface area contributed by atoms with Crippen molar-refractivity contribution in [2.75, 3.05) is 6.61 Å². The van der Waals surface area contributed by atoms with Gasteiger partial charge in [0.2, 0.25) is 5.78 Å². The van der Waals surface area contributed by atoms with Crippen molar-refractivity contribution in [3.05, 3.63) is 86.9 Å². The number of nitrogens with zero attached hydrogens (tertiary/aromatic N) is 3. The van der Waals surface area contributed by atoms with Crippen molar-refractivity contribution in [3.8, 4) is 0 Å². The highest BCUT2D eigenvalue weighted by atomic mass is 35.5. The maximum atomic E-state index is 12.7. The molecule has 0 aliphatic heterocycles. The van der Waals surface area contributed by atoms with Crippen molar-refractivity contribution < 1.29 is 14.3 Å². The van der Waals surface area contributed by atoms with Crippen LogP contribution in [0, 0.1) is 20.8 Å². The molecule has 0 fully saturated rings. The van der Waals surface area contributed by atoms with Crippen molar-refractivity contribution >= 4 is 35.0 Å². The van der Waals surface area contributed by atoms with E-state index in [1.807, 2.05) is 36.6 Å². The van der Waals surface area contributed by atoms with Crippen LogP contribution in [0.5, 0.6) is 0 Å². The number of ether oxygens (including phenoxy) is 1. The van der Waals surface area contributed by atoms with Gasteiger partial charge in [-0.25, -0.2) is 9.48 Å². The van der Waals surface area contributed by atoms with Crippen LogP contribution in [0.25, 0.3) is 0 Å². The largest absolute Gasteiger partial charge is 0.454 e. The van der Waals surface area contributed by atoms with E-state index in [9.17, 15) is 9.59 Å². The number of hydrogen-bond acceptors (Lipinski definition) is 4. The summed E-state index contributed by atoms with van der Waals surface area (Å²) in [7, 11) is 0. The Morgan fingerprint density at radius 3 is 2.58 bits per heavy atom. The molecule has 0 aliphatic carbocycles. The number of rotatable bonds is 8. The minimum atomic E-state index is -0.693. The minimum absolute atomic E-state index is 0.138. The van der Waals surface area contributed by atoms with E-state index < -0.39 is 5.97 Å². The lowest BCUT2D eigenvalue weighted by Gasteiger charge is -2.07. The van der Waals surface area contributed by atoms with Gasteiger partial charge in [0.15, 0.2) is 6.61 Å². The molecule has 162 valence electrons. The van der Waals surface area contributed by atoms with Crippen molar-refractivity contribution in [1.82, 2.24) is 14.3 Å². The molecule has 2 heterocycles. The summed E-state index contributed by atoms with van der Waals surface area (Å²) in [5, 5.41) is 5.05. The Bertz CT molecular complexity index is 1160. The Balaban J connectivity index is 1.73. The number of Topliss-reactive ketones (excluding diaryl/α,β-unsaturated/α-hetero) is 1. The molecular weight excluding hydrogens is 437 g/mol. The second kappa shape index (κ2) is 9.54. The number of carbonyl (C=O) groups is 2. The normalized spacial score (nSPS) is 10.9. The molecule has 0 spiro atoms. The number of ketones is 1. The number of esters is 1. The first kappa shape index (κ1) is 22.8. The second-order valence-corrected chi connectivity index (χ2v) is 7.95. The van der Waals surface area contributed by atoms with E-state index >= 15 is 0 Å². The number of benzene rings is 1. The third-order valence-corrected chi connectivity index (χ3v) is 5.82. The van der Waals surface area contributed by atoms with Gasteiger partial charge in [-0.05, 0) is 38.5 Å². The van der Waals surface area contributed by atoms with Crippen LogP contribution in [0.15, 0.2) is 43.0 Å². The molecule has 0 unspecified atom stereocenters. The van der Waals surface area contributed by atoms with Crippen LogP contribution < -0.4 is 0 Å². The Kier molecular flexibility index (Phi) is 7.03. The summed E-state index contributed by atoms with van der Waals surface area (Å²) in [6.45, 7) is 9.68. The summed E-state index contributed by atoms with van der Waals surface area (Å²) in [4.78, 5) is 25.3. The Morgan fingerprint density at radius 1 is 1.19 bits per heavy atom. The van der Waals surface area contributed by atoms with Crippen LogP contribution in [0.1, 0.15) is 43.4 Å². The van der Waals surface area contributed by atoms with Gasteiger partial charge in [0.25, 0.3) is 0 Å². The standard InChI is InChI=1S/C23H23Cl2N3O3/c1-5-10-27-14(2)11-18(16(27)4)20(29)13-31-23(30)21-15(3)26-28(22(21)25)12-17-8-6-7-9-19(17)24/h5-9,11H,1,10,12-13H2,2-4H3. The van der Waals surface area contributed by atoms with Gasteiger partial charge in [-0.15, -0.1) is 6.58 Å². The number of allylic oxidation sites excluding steroid dienone is 1. The highest BCUT2D eigenvalue weighted by Crippen LogP contribution is 2.24. The van der Waals surface area contributed by atoms with Crippen molar-refractivity contribution in [3.63, 3.8) is 0 Å².